The highest BCUT2D eigenvalue weighted by atomic mass is 32.1. The predicted octanol–water partition coefficient (Wildman–Crippen LogP) is 4.67. The van der Waals surface area contributed by atoms with Crippen LogP contribution in [0.4, 0.5) is 28.4 Å². The number of fused-ring (bicyclic) bond motifs is 6. The maximum absolute atomic E-state index is 17.4. The number of nitriles is 1. The summed E-state index contributed by atoms with van der Waals surface area (Å²) >= 11 is 0.885. The lowest BCUT2D eigenvalue weighted by Crippen LogP contribution is -2.44. The lowest BCUT2D eigenvalue weighted by atomic mass is 9.93. The third-order valence-electron chi connectivity index (χ3n) is 10.6. The number of hydrogen-bond acceptors (Lipinski definition) is 12. The summed E-state index contributed by atoms with van der Waals surface area (Å²) in [5.74, 6) is -3.73. The molecule has 3 N–H and O–H groups in total. The van der Waals surface area contributed by atoms with E-state index in [9.17, 15) is 23.5 Å². The van der Waals surface area contributed by atoms with E-state index in [1.165, 1.54) is 4.90 Å². The summed E-state index contributed by atoms with van der Waals surface area (Å²) < 4.78 is 73.9. The van der Waals surface area contributed by atoms with Crippen LogP contribution >= 0.6 is 11.3 Å². The molecule has 264 valence electrons. The van der Waals surface area contributed by atoms with Crippen molar-refractivity contribution in [3.8, 4) is 23.3 Å². The van der Waals surface area contributed by atoms with Crippen LogP contribution in [0, 0.1) is 28.9 Å². The van der Waals surface area contributed by atoms with Gasteiger partial charge in [0, 0.05) is 49.6 Å². The number of nitrogens with two attached hydrogens (primary N) is 1. The van der Waals surface area contributed by atoms with Gasteiger partial charge in [0.25, 0.3) is 5.92 Å². The summed E-state index contributed by atoms with van der Waals surface area (Å²) in [6.07, 6.45) is 1.94. The second kappa shape index (κ2) is 12.4. The van der Waals surface area contributed by atoms with Gasteiger partial charge in [0.2, 0.25) is 0 Å². The van der Waals surface area contributed by atoms with E-state index in [1.807, 2.05) is 6.07 Å². The van der Waals surface area contributed by atoms with E-state index in [1.54, 1.807) is 14.0 Å². The summed E-state index contributed by atoms with van der Waals surface area (Å²) in [6, 6.07) is 0.531. The van der Waals surface area contributed by atoms with Gasteiger partial charge >= 0.3 is 6.01 Å². The minimum absolute atomic E-state index is 0.00188. The highest BCUT2D eigenvalue weighted by Crippen LogP contribution is 2.48. The van der Waals surface area contributed by atoms with Crippen LogP contribution in [-0.2, 0) is 18.0 Å². The fourth-order valence-corrected chi connectivity index (χ4v) is 9.14. The van der Waals surface area contributed by atoms with Crippen LogP contribution < -0.4 is 15.4 Å². The predicted molar refractivity (Wildman–Crippen MR) is 179 cm³/mol. The summed E-state index contributed by atoms with van der Waals surface area (Å²) in [7, 11) is 1.60. The largest absolute Gasteiger partial charge is 0.461 e. The van der Waals surface area contributed by atoms with Gasteiger partial charge in [0.15, 0.2) is 11.6 Å². The average Bonchev–Trinajstić information content (AvgIpc) is 3.81. The van der Waals surface area contributed by atoms with Crippen molar-refractivity contribution in [2.45, 2.75) is 63.5 Å². The Morgan fingerprint density at radius 1 is 1.20 bits per heavy atom. The van der Waals surface area contributed by atoms with Crippen LogP contribution in [0.15, 0.2) is 6.20 Å². The van der Waals surface area contributed by atoms with Gasteiger partial charge in [-0.05, 0) is 50.4 Å². The van der Waals surface area contributed by atoms with Crippen LogP contribution in [0.5, 0.6) is 6.01 Å². The molecule has 1 aromatic carbocycles. The molecule has 3 unspecified atom stereocenters. The maximum atomic E-state index is 17.4. The number of aliphatic hydroxyl groups excluding tert-OH is 1. The van der Waals surface area contributed by atoms with Gasteiger partial charge in [0.05, 0.1) is 46.9 Å². The van der Waals surface area contributed by atoms with Crippen molar-refractivity contribution in [2.75, 3.05) is 57.0 Å². The molecular weight excluding hydrogens is 676 g/mol. The molecule has 50 heavy (non-hydrogen) atoms. The third kappa shape index (κ3) is 5.41. The van der Waals surface area contributed by atoms with Gasteiger partial charge in [-0.25, -0.2) is 17.6 Å². The molecule has 4 aliphatic heterocycles. The summed E-state index contributed by atoms with van der Waals surface area (Å²) in [6.45, 7) is 4.32. The van der Waals surface area contributed by atoms with Crippen molar-refractivity contribution in [1.82, 2.24) is 24.8 Å². The lowest BCUT2D eigenvalue weighted by Gasteiger charge is -2.34. The second-order valence-electron chi connectivity index (χ2n) is 13.9. The van der Waals surface area contributed by atoms with E-state index >= 15 is 4.39 Å². The molecule has 4 aromatic rings. The molecular formula is C34H36F4N8O3S. The number of benzene rings is 1. The molecule has 16 heteroatoms. The number of alkyl halides is 2. The minimum atomic E-state index is -2.98. The summed E-state index contributed by atoms with van der Waals surface area (Å²) in [5, 5.41) is 20.7. The Labute approximate surface area is 289 Å². The first kappa shape index (κ1) is 33.3. The number of nitrogen functional groups attached to an aromatic ring is 1. The smallest absolute Gasteiger partial charge is 0.319 e. The van der Waals surface area contributed by atoms with Crippen LogP contribution in [-0.4, -0.2) is 100 Å². The van der Waals surface area contributed by atoms with Gasteiger partial charge in [-0.15, -0.1) is 11.3 Å². The van der Waals surface area contributed by atoms with Crippen molar-refractivity contribution in [1.29, 1.82) is 5.26 Å². The summed E-state index contributed by atoms with van der Waals surface area (Å²) in [5.41, 5.74) is 7.12. The molecule has 8 rings (SSSR count). The molecule has 4 aliphatic rings. The van der Waals surface area contributed by atoms with Crippen molar-refractivity contribution in [3.05, 3.63) is 34.5 Å². The number of halogens is 4. The Morgan fingerprint density at radius 3 is 2.74 bits per heavy atom. The number of aromatic nitrogens is 3. The Balaban J connectivity index is 1.33. The molecule has 0 spiro atoms. The normalized spacial score (nSPS) is 24.2. The van der Waals surface area contributed by atoms with E-state index in [4.69, 9.17) is 20.2 Å². The summed E-state index contributed by atoms with van der Waals surface area (Å²) in [4.78, 5) is 19.5. The lowest BCUT2D eigenvalue weighted by molar-refractivity contribution is -0.0442. The molecule has 0 amide bonds. The Kier molecular flexibility index (Phi) is 8.26. The van der Waals surface area contributed by atoms with Gasteiger partial charge in [-0.2, -0.15) is 15.2 Å². The van der Waals surface area contributed by atoms with Gasteiger partial charge in [-0.3, -0.25) is 14.8 Å². The number of hydrogen-bond donors (Lipinski definition) is 2. The first-order valence-corrected chi connectivity index (χ1v) is 17.5. The minimum Gasteiger partial charge on any atom is -0.461 e. The highest BCUT2D eigenvalue weighted by molar-refractivity contribution is 7.23. The zero-order valence-electron chi connectivity index (χ0n) is 27.6. The van der Waals surface area contributed by atoms with E-state index < -0.39 is 36.3 Å². The van der Waals surface area contributed by atoms with Crippen molar-refractivity contribution in [2.24, 2.45) is 5.92 Å². The fraction of sp³-hybridized carbons (Fsp3) is 0.529. The number of β-amino-alcohol motifs (C(OH)–C–C–N with tert-alkyl or cyclic N) is 1. The van der Waals surface area contributed by atoms with Crippen LogP contribution in [0.1, 0.15) is 42.9 Å². The van der Waals surface area contributed by atoms with Crippen LogP contribution in [0.3, 0.4) is 0 Å². The number of pyridine rings is 1. The van der Waals surface area contributed by atoms with E-state index in [-0.39, 0.29) is 75.7 Å². The van der Waals surface area contributed by atoms with E-state index in [0.29, 0.717) is 47.9 Å². The molecule has 0 saturated carbocycles. The molecule has 11 nitrogen and oxygen atoms in total. The Bertz CT molecular complexity index is 2060. The van der Waals surface area contributed by atoms with E-state index in [0.717, 1.165) is 36.9 Å². The molecule has 3 saturated heterocycles. The molecule has 3 fully saturated rings. The molecule has 4 atom stereocenters. The molecule has 0 aliphatic carbocycles. The Hall–Kier alpha value is -3.88. The number of thiophene rings is 1. The SMILES string of the molecule is C[C@@H](O)CN1CCC2CC(C1)N(c1nc(OCC3N(C)CCC3(F)F)nc3c(F)c(-c4ncc(F)c5sc(N)c(C#N)c45)c4c(c13)COC4)C2. The number of likely N-dealkylation sites (tertiary alicyclic amines) is 2. The van der Waals surface area contributed by atoms with Crippen molar-refractivity contribution >= 4 is 43.1 Å². The zero-order chi connectivity index (χ0) is 35.1. The van der Waals surface area contributed by atoms with E-state index in [2.05, 4.69) is 19.8 Å². The molecule has 7 heterocycles. The van der Waals surface area contributed by atoms with Gasteiger partial charge in [0.1, 0.15) is 35.1 Å². The quantitative estimate of drug-likeness (QED) is 0.259. The number of aliphatic hydroxyl groups is 1. The monoisotopic (exact) mass is 712 g/mol. The highest BCUT2D eigenvalue weighted by Gasteiger charge is 2.48. The number of ether oxygens (including phenoxy) is 2. The third-order valence-corrected chi connectivity index (χ3v) is 11.6. The van der Waals surface area contributed by atoms with Gasteiger partial charge in [-0.1, -0.05) is 0 Å². The average molecular weight is 713 g/mol. The van der Waals surface area contributed by atoms with Crippen molar-refractivity contribution in [3.63, 3.8) is 0 Å². The standard InChI is InChI=1S/C34H36F4N8O3S/c1-16(47)10-45-5-3-17-7-18(12-45)46(11-17)32-26-21-14-48-13-20(21)24(28-25-19(8-39)31(40)50-30(25)22(35)9-41-28)27(36)29(26)42-33(43-32)49-15-23-34(37,38)4-6-44(23)2/h9,16-18,23,47H,3-7,10-15,40H2,1-2H3/t16-,17?,18?,23?/m1/s1. The van der Waals surface area contributed by atoms with Gasteiger partial charge < -0.3 is 25.2 Å². The first-order chi connectivity index (χ1) is 23.9. The molecule has 0 radical (unpaired) electrons. The maximum Gasteiger partial charge on any atom is 0.319 e. The number of likely N-dealkylation sites (N-methyl/N-ethyl adjacent to an activating group) is 1. The first-order valence-electron chi connectivity index (χ1n) is 16.7. The second-order valence-corrected chi connectivity index (χ2v) is 15.0. The number of anilines is 2. The van der Waals surface area contributed by atoms with Crippen LogP contribution in [0.2, 0.25) is 0 Å². The van der Waals surface area contributed by atoms with Crippen LogP contribution in [0.25, 0.3) is 32.2 Å². The topological polar surface area (TPSA) is 137 Å². The molecule has 3 aromatic heterocycles. The fourth-order valence-electron chi connectivity index (χ4n) is 8.22. The Morgan fingerprint density at radius 2 is 2.00 bits per heavy atom. The number of rotatable bonds is 7. The number of nitrogens with zero attached hydrogens (tertiary/aromatic N) is 7. The van der Waals surface area contributed by atoms with Crippen molar-refractivity contribution < 1.29 is 32.1 Å². The zero-order valence-corrected chi connectivity index (χ0v) is 28.4. The molecule has 2 bridgehead atoms.